The third-order valence-electron chi connectivity index (χ3n) is 1.15. The smallest absolute Gasteiger partial charge is 0.348 e. The van der Waals surface area contributed by atoms with Gasteiger partial charge in [0.1, 0.15) is 0 Å². The van der Waals surface area contributed by atoms with Crippen LogP contribution in [0.2, 0.25) is 0 Å². The van der Waals surface area contributed by atoms with E-state index < -0.39 is 6.03 Å². The van der Waals surface area contributed by atoms with Crippen molar-refractivity contribution in [2.24, 2.45) is 16.0 Å². The molecule has 0 spiro atoms. The van der Waals surface area contributed by atoms with Crippen molar-refractivity contribution >= 4 is 6.03 Å². The summed E-state index contributed by atoms with van der Waals surface area (Å²) in [6.07, 6.45) is 3.31. The lowest BCUT2D eigenvalue weighted by molar-refractivity contribution is -0.0801. The molecule has 1 rings (SSSR count). The number of carbonyl (C=O) groups excluding carboxylic acids is 1. The molecular formula is C5H7N5O3. The van der Waals surface area contributed by atoms with Gasteiger partial charge in [0, 0.05) is 0 Å². The van der Waals surface area contributed by atoms with Gasteiger partial charge in [-0.15, -0.1) is 5.11 Å². The Morgan fingerprint density at radius 1 is 1.46 bits per heavy atom. The quantitative estimate of drug-likeness (QED) is 0.504. The van der Waals surface area contributed by atoms with Crippen molar-refractivity contribution in [1.29, 1.82) is 0 Å². The predicted molar refractivity (Wildman–Crippen MR) is 38.9 cm³/mol. The van der Waals surface area contributed by atoms with E-state index in [1.54, 1.807) is 0 Å². The van der Waals surface area contributed by atoms with E-state index >= 15 is 0 Å². The third kappa shape index (κ3) is 2.25. The van der Waals surface area contributed by atoms with Crippen LogP contribution in [0, 0.1) is 0 Å². The van der Waals surface area contributed by atoms with Crippen molar-refractivity contribution in [1.82, 2.24) is 10.1 Å². The Balaban J connectivity index is 2.66. The molecule has 8 nitrogen and oxygen atoms in total. The second kappa shape index (κ2) is 3.65. The van der Waals surface area contributed by atoms with E-state index in [0.29, 0.717) is 10.1 Å². The number of hydroxylamine groups is 4. The lowest BCUT2D eigenvalue weighted by Gasteiger charge is -2.11. The topological polar surface area (TPSA) is 115 Å². The fourth-order valence-corrected chi connectivity index (χ4v) is 0.640. The standard InChI is InChI=1S/C5H7N5O3/c6-5(11)8-7-3-4-9(12)1-2-10(4)13/h1-3,12-13H,(H2,6,11). The number of hydrogen-bond acceptors (Lipinski definition) is 6. The lowest BCUT2D eigenvalue weighted by atomic mass is 10.7. The maximum atomic E-state index is 10.1. The van der Waals surface area contributed by atoms with Crippen molar-refractivity contribution in [3.8, 4) is 0 Å². The minimum atomic E-state index is -0.961. The largest absolute Gasteiger partial charge is 0.356 e. The summed E-state index contributed by atoms with van der Waals surface area (Å²) in [6, 6.07) is -0.961. The normalized spacial score (nSPS) is 16.0. The Morgan fingerprint density at radius 3 is 2.46 bits per heavy atom. The second-order valence-electron chi connectivity index (χ2n) is 2.03. The number of amides is 2. The highest BCUT2D eigenvalue weighted by Crippen LogP contribution is 2.14. The molecule has 0 unspecified atom stereocenters. The fourth-order valence-electron chi connectivity index (χ4n) is 0.640. The molecule has 0 saturated carbocycles. The average molecular weight is 185 g/mol. The summed E-state index contributed by atoms with van der Waals surface area (Å²) in [7, 11) is 0. The molecule has 0 radical (unpaired) electrons. The van der Waals surface area contributed by atoms with Crippen LogP contribution in [-0.4, -0.2) is 26.6 Å². The monoisotopic (exact) mass is 185 g/mol. The number of nitrogens with two attached hydrogens (primary N) is 1. The van der Waals surface area contributed by atoms with Crippen LogP contribution in [0.1, 0.15) is 0 Å². The predicted octanol–water partition coefficient (Wildman–Crippen LogP) is 0.183. The summed E-state index contributed by atoms with van der Waals surface area (Å²) >= 11 is 0. The maximum Gasteiger partial charge on any atom is 0.356 e. The molecule has 0 atom stereocenters. The van der Waals surface area contributed by atoms with Crippen LogP contribution in [0.25, 0.3) is 0 Å². The molecule has 0 aromatic heterocycles. The highest BCUT2D eigenvalue weighted by Gasteiger charge is 2.15. The molecule has 2 amide bonds. The summed E-state index contributed by atoms with van der Waals surface area (Å²) in [5, 5.41) is 25.3. The molecule has 13 heavy (non-hydrogen) atoms. The number of hydrogen-bond donors (Lipinski definition) is 3. The molecule has 0 aliphatic carbocycles. The first-order valence-electron chi connectivity index (χ1n) is 3.16. The van der Waals surface area contributed by atoms with Crippen molar-refractivity contribution < 1.29 is 15.2 Å². The van der Waals surface area contributed by atoms with Gasteiger partial charge in [0.25, 0.3) is 0 Å². The summed E-state index contributed by atoms with van der Waals surface area (Å²) in [4.78, 5) is 10.1. The number of azo groups is 1. The average Bonchev–Trinajstić information content (AvgIpc) is 2.34. The van der Waals surface area contributed by atoms with Gasteiger partial charge in [-0.05, 0) is 0 Å². The Labute approximate surface area is 72.8 Å². The van der Waals surface area contributed by atoms with Gasteiger partial charge in [-0.25, -0.2) is 14.9 Å². The number of rotatable bonds is 1. The van der Waals surface area contributed by atoms with Crippen LogP contribution in [-0.2, 0) is 0 Å². The summed E-state index contributed by atoms with van der Waals surface area (Å²) in [5.41, 5.74) is 4.65. The molecule has 70 valence electrons. The van der Waals surface area contributed by atoms with E-state index in [-0.39, 0.29) is 5.82 Å². The van der Waals surface area contributed by atoms with E-state index in [0.717, 1.165) is 6.20 Å². The van der Waals surface area contributed by atoms with Crippen LogP contribution in [0.3, 0.4) is 0 Å². The molecule has 0 bridgehead atoms. The Hall–Kier alpha value is -1.93. The van der Waals surface area contributed by atoms with Crippen molar-refractivity contribution in [3.63, 3.8) is 0 Å². The molecule has 1 aliphatic heterocycles. The molecular weight excluding hydrogens is 178 g/mol. The molecule has 8 heteroatoms. The van der Waals surface area contributed by atoms with Gasteiger partial charge in [0.2, 0.25) is 0 Å². The van der Waals surface area contributed by atoms with Gasteiger partial charge in [0.15, 0.2) is 5.82 Å². The zero-order chi connectivity index (χ0) is 9.84. The Kier molecular flexibility index (Phi) is 2.57. The molecule has 0 fully saturated rings. The molecule has 1 aliphatic rings. The minimum Gasteiger partial charge on any atom is -0.348 e. The summed E-state index contributed by atoms with van der Waals surface area (Å²) in [5.74, 6) is -0.0648. The first-order valence-corrected chi connectivity index (χ1v) is 3.16. The molecule has 4 N–H and O–H groups in total. The maximum absolute atomic E-state index is 10.1. The van der Waals surface area contributed by atoms with Crippen LogP contribution in [0.4, 0.5) is 4.79 Å². The highest BCUT2D eigenvalue weighted by molar-refractivity contribution is 5.71. The van der Waals surface area contributed by atoms with Crippen LogP contribution >= 0.6 is 0 Å². The van der Waals surface area contributed by atoms with Crippen LogP contribution in [0.15, 0.2) is 34.6 Å². The fraction of sp³-hybridized carbons (Fsp3) is 0. The third-order valence-corrected chi connectivity index (χ3v) is 1.15. The number of nitrogens with zero attached hydrogens (tertiary/aromatic N) is 4. The van der Waals surface area contributed by atoms with Crippen LogP contribution in [0.5, 0.6) is 0 Å². The molecule has 1 heterocycles. The SMILES string of the molecule is NC(=O)N=NC=C1N(O)C=CN1O. The van der Waals surface area contributed by atoms with Crippen molar-refractivity contribution in [3.05, 3.63) is 24.4 Å². The zero-order valence-corrected chi connectivity index (χ0v) is 6.40. The van der Waals surface area contributed by atoms with E-state index in [1.807, 2.05) is 0 Å². The van der Waals surface area contributed by atoms with E-state index in [9.17, 15) is 4.79 Å². The van der Waals surface area contributed by atoms with Crippen molar-refractivity contribution in [2.75, 3.05) is 0 Å². The van der Waals surface area contributed by atoms with E-state index in [2.05, 4.69) is 16.0 Å². The lowest BCUT2D eigenvalue weighted by Crippen LogP contribution is -2.16. The number of primary amides is 1. The van der Waals surface area contributed by atoms with Gasteiger partial charge >= 0.3 is 6.03 Å². The summed E-state index contributed by atoms with van der Waals surface area (Å²) < 4.78 is 0. The zero-order valence-electron chi connectivity index (χ0n) is 6.40. The van der Waals surface area contributed by atoms with E-state index in [1.165, 1.54) is 12.4 Å². The van der Waals surface area contributed by atoms with Crippen molar-refractivity contribution in [2.45, 2.75) is 0 Å². The van der Waals surface area contributed by atoms with Gasteiger partial charge in [-0.1, -0.05) is 5.11 Å². The van der Waals surface area contributed by atoms with Gasteiger partial charge in [-0.3, -0.25) is 10.4 Å². The Morgan fingerprint density at radius 2 is 2.00 bits per heavy atom. The minimum absolute atomic E-state index is 0.0648. The molecule has 0 saturated heterocycles. The van der Waals surface area contributed by atoms with Gasteiger partial charge in [-0.2, -0.15) is 0 Å². The number of carbonyl (C=O) groups is 1. The number of urea groups is 1. The first-order chi connectivity index (χ1) is 6.11. The summed E-state index contributed by atoms with van der Waals surface area (Å²) in [6.45, 7) is 0. The molecule has 0 aromatic carbocycles. The molecule has 0 aromatic rings. The Bertz CT molecular complexity index is 283. The van der Waals surface area contributed by atoms with Gasteiger partial charge < -0.3 is 5.73 Å². The van der Waals surface area contributed by atoms with E-state index in [4.69, 9.17) is 10.4 Å². The second-order valence-corrected chi connectivity index (χ2v) is 2.03. The van der Waals surface area contributed by atoms with Crippen LogP contribution < -0.4 is 5.73 Å². The first kappa shape index (κ1) is 9.16. The van der Waals surface area contributed by atoms with Gasteiger partial charge in [0.05, 0.1) is 18.6 Å². The highest BCUT2D eigenvalue weighted by atomic mass is 16.5.